The van der Waals surface area contributed by atoms with E-state index in [1.165, 1.54) is 0 Å². The van der Waals surface area contributed by atoms with Crippen LogP contribution >= 0.6 is 0 Å². The molecule has 3 heterocycles. The maximum absolute atomic E-state index is 13.3. The first-order valence-corrected chi connectivity index (χ1v) is 11.8. The third-order valence-corrected chi connectivity index (χ3v) is 6.27. The smallest absolute Gasteiger partial charge is 0.255 e. The van der Waals surface area contributed by atoms with E-state index in [1.54, 1.807) is 24.8 Å². The molecule has 34 heavy (non-hydrogen) atoms. The molecule has 2 amide bonds. The molecule has 7 nitrogen and oxygen atoms in total. The summed E-state index contributed by atoms with van der Waals surface area (Å²) in [5, 5.41) is 3.03. The molecule has 0 bridgehead atoms. The van der Waals surface area contributed by atoms with E-state index < -0.39 is 0 Å². The predicted octanol–water partition coefficient (Wildman–Crippen LogP) is 3.38. The molecule has 1 saturated heterocycles. The second-order valence-electron chi connectivity index (χ2n) is 8.64. The van der Waals surface area contributed by atoms with Crippen LogP contribution in [0, 0.1) is 6.92 Å². The van der Waals surface area contributed by atoms with Crippen molar-refractivity contribution in [3.05, 3.63) is 95.6 Å². The Morgan fingerprint density at radius 3 is 2.53 bits per heavy atom. The number of hydrogen-bond acceptors (Lipinski definition) is 5. The first-order chi connectivity index (χ1) is 16.6. The Morgan fingerprint density at radius 1 is 1.00 bits per heavy atom. The number of carbonyl (C=O) groups is 2. The van der Waals surface area contributed by atoms with E-state index in [1.807, 2.05) is 48.2 Å². The number of aryl methyl sites for hydroxylation is 1. The number of nitrogens with one attached hydrogen (secondary N) is 1. The topological polar surface area (TPSA) is 78.4 Å². The number of carbonyl (C=O) groups excluding carboxylic acids is 2. The lowest BCUT2D eigenvalue weighted by Gasteiger charge is -2.32. The van der Waals surface area contributed by atoms with Gasteiger partial charge in [0.25, 0.3) is 5.91 Å². The highest BCUT2D eigenvalue weighted by molar-refractivity contribution is 5.95. The maximum atomic E-state index is 13.3. The Kier molecular flexibility index (Phi) is 7.99. The molecular formula is C27H31N5O2. The van der Waals surface area contributed by atoms with E-state index in [2.05, 4.69) is 32.3 Å². The summed E-state index contributed by atoms with van der Waals surface area (Å²) in [5.74, 6) is -0.0557. The molecule has 0 unspecified atom stereocenters. The van der Waals surface area contributed by atoms with Crippen molar-refractivity contribution in [2.24, 2.45) is 0 Å². The minimum absolute atomic E-state index is 0.0135. The van der Waals surface area contributed by atoms with Gasteiger partial charge in [0.15, 0.2) is 0 Å². The zero-order chi connectivity index (χ0) is 23.8. The Morgan fingerprint density at radius 2 is 1.76 bits per heavy atom. The van der Waals surface area contributed by atoms with Crippen molar-refractivity contribution < 1.29 is 9.59 Å². The fraction of sp³-hybridized carbons (Fsp3) is 0.333. The van der Waals surface area contributed by atoms with Gasteiger partial charge >= 0.3 is 0 Å². The van der Waals surface area contributed by atoms with E-state index in [4.69, 9.17) is 0 Å². The van der Waals surface area contributed by atoms with Crippen molar-refractivity contribution >= 4 is 11.8 Å². The first-order valence-electron chi connectivity index (χ1n) is 11.8. The maximum Gasteiger partial charge on any atom is 0.255 e. The molecule has 1 N–H and O–H groups in total. The number of hydrogen-bond donors (Lipinski definition) is 1. The molecule has 4 rings (SSSR count). The van der Waals surface area contributed by atoms with Crippen molar-refractivity contribution in [1.29, 1.82) is 0 Å². The van der Waals surface area contributed by atoms with Crippen LogP contribution < -0.4 is 5.32 Å². The Balaban J connectivity index is 1.58. The van der Waals surface area contributed by atoms with Gasteiger partial charge in [-0.15, -0.1) is 0 Å². The summed E-state index contributed by atoms with van der Waals surface area (Å²) in [6, 6.07) is 16.0. The average molecular weight is 458 g/mol. The monoisotopic (exact) mass is 457 g/mol. The van der Waals surface area contributed by atoms with Crippen LogP contribution in [0.1, 0.15) is 45.9 Å². The van der Waals surface area contributed by atoms with Gasteiger partial charge in [-0.05, 0) is 48.2 Å². The van der Waals surface area contributed by atoms with Crippen LogP contribution in [-0.4, -0.2) is 57.8 Å². The Bertz CT molecular complexity index is 1090. The van der Waals surface area contributed by atoms with Gasteiger partial charge in [-0.3, -0.25) is 24.5 Å². The third kappa shape index (κ3) is 6.05. The molecule has 0 radical (unpaired) electrons. The van der Waals surface area contributed by atoms with Gasteiger partial charge in [-0.25, -0.2) is 0 Å². The van der Waals surface area contributed by atoms with Crippen LogP contribution in [0.25, 0.3) is 0 Å². The fourth-order valence-corrected chi connectivity index (χ4v) is 4.42. The second-order valence-corrected chi connectivity index (χ2v) is 8.64. The highest BCUT2D eigenvalue weighted by atomic mass is 16.2. The van der Waals surface area contributed by atoms with Crippen molar-refractivity contribution in [1.82, 2.24) is 25.1 Å². The van der Waals surface area contributed by atoms with Crippen LogP contribution in [0.2, 0.25) is 0 Å². The third-order valence-electron chi connectivity index (χ3n) is 6.27. The molecule has 0 spiro atoms. The number of amides is 2. The molecule has 3 aromatic rings. The van der Waals surface area contributed by atoms with E-state index >= 15 is 0 Å². The molecule has 1 aliphatic heterocycles. The first kappa shape index (κ1) is 23.6. The predicted molar refractivity (Wildman–Crippen MR) is 131 cm³/mol. The zero-order valence-corrected chi connectivity index (χ0v) is 19.6. The van der Waals surface area contributed by atoms with Crippen LogP contribution in [0.3, 0.4) is 0 Å². The number of rotatable bonds is 4. The Hall–Kier alpha value is -3.58. The summed E-state index contributed by atoms with van der Waals surface area (Å²) >= 11 is 0. The van der Waals surface area contributed by atoms with Gasteiger partial charge in [0.2, 0.25) is 5.91 Å². The standard InChI is InChI=1S/C27H31N5O2/c1-21-8-11-29-19-24(21)27(34)31-15-5-16-32(20-22-9-12-28-13-10-22)25(18-26(33)30-14-17-31)23-6-3-2-4-7-23/h2-4,6-13,19,25H,5,14-18,20H2,1H3,(H,30,33)/t25-/m0/s1. The van der Waals surface area contributed by atoms with Crippen molar-refractivity contribution in [3.63, 3.8) is 0 Å². The van der Waals surface area contributed by atoms with E-state index in [0.29, 0.717) is 38.2 Å². The molecule has 176 valence electrons. The van der Waals surface area contributed by atoms with Gasteiger partial charge in [-0.2, -0.15) is 0 Å². The average Bonchev–Trinajstić information content (AvgIpc) is 2.90. The highest BCUT2D eigenvalue weighted by Crippen LogP contribution is 2.27. The van der Waals surface area contributed by atoms with Gasteiger partial charge in [0.05, 0.1) is 5.56 Å². The molecule has 0 aliphatic carbocycles. The van der Waals surface area contributed by atoms with E-state index in [9.17, 15) is 9.59 Å². The lowest BCUT2D eigenvalue weighted by molar-refractivity contribution is -0.122. The molecule has 7 heteroatoms. The number of aromatic nitrogens is 2. The van der Waals surface area contributed by atoms with E-state index in [0.717, 1.165) is 29.7 Å². The van der Waals surface area contributed by atoms with Crippen LogP contribution in [-0.2, 0) is 11.3 Å². The summed E-state index contributed by atoms with van der Waals surface area (Å²) < 4.78 is 0. The quantitative estimate of drug-likeness (QED) is 0.650. The molecule has 1 atom stereocenters. The summed E-state index contributed by atoms with van der Waals surface area (Å²) in [6.07, 6.45) is 8.08. The largest absolute Gasteiger partial charge is 0.354 e. The number of nitrogens with zero attached hydrogens (tertiary/aromatic N) is 4. The van der Waals surface area contributed by atoms with Gasteiger partial charge in [0, 0.05) is 70.0 Å². The van der Waals surface area contributed by atoms with Crippen molar-refractivity contribution in [2.75, 3.05) is 26.2 Å². The van der Waals surface area contributed by atoms with Crippen LogP contribution in [0.5, 0.6) is 0 Å². The van der Waals surface area contributed by atoms with Gasteiger partial charge in [0.1, 0.15) is 0 Å². The van der Waals surface area contributed by atoms with E-state index in [-0.39, 0.29) is 17.9 Å². The number of benzene rings is 1. The van der Waals surface area contributed by atoms with Gasteiger partial charge < -0.3 is 10.2 Å². The lowest BCUT2D eigenvalue weighted by Crippen LogP contribution is -2.39. The summed E-state index contributed by atoms with van der Waals surface area (Å²) in [7, 11) is 0. The highest BCUT2D eigenvalue weighted by Gasteiger charge is 2.26. The van der Waals surface area contributed by atoms with Crippen LogP contribution in [0.4, 0.5) is 0 Å². The normalized spacial score (nSPS) is 18.1. The Labute approximate surface area is 200 Å². The minimum atomic E-state index is -0.0582. The zero-order valence-electron chi connectivity index (χ0n) is 19.6. The van der Waals surface area contributed by atoms with Crippen LogP contribution in [0.15, 0.2) is 73.3 Å². The molecule has 1 fully saturated rings. The lowest BCUT2D eigenvalue weighted by atomic mass is 10.00. The summed E-state index contributed by atoms with van der Waals surface area (Å²) in [5.41, 5.74) is 3.77. The second kappa shape index (κ2) is 11.5. The molecular weight excluding hydrogens is 426 g/mol. The van der Waals surface area contributed by atoms with Crippen molar-refractivity contribution in [2.45, 2.75) is 32.4 Å². The SMILES string of the molecule is Cc1ccncc1C(=O)N1CCCN(Cc2ccncc2)[C@H](c2ccccc2)CC(=O)NCC1. The molecule has 0 saturated carbocycles. The van der Waals surface area contributed by atoms with Gasteiger partial charge in [-0.1, -0.05) is 30.3 Å². The summed E-state index contributed by atoms with van der Waals surface area (Å²) in [6.45, 7) is 4.88. The molecule has 1 aromatic carbocycles. The molecule has 1 aliphatic rings. The van der Waals surface area contributed by atoms with Crippen molar-refractivity contribution in [3.8, 4) is 0 Å². The molecule has 2 aromatic heterocycles. The summed E-state index contributed by atoms with van der Waals surface area (Å²) in [4.78, 5) is 38.6. The fourth-order valence-electron chi connectivity index (χ4n) is 4.42. The minimum Gasteiger partial charge on any atom is -0.354 e. The number of pyridine rings is 2.